The van der Waals surface area contributed by atoms with E-state index < -0.39 is 0 Å². The van der Waals surface area contributed by atoms with Crippen LogP contribution in [0.3, 0.4) is 0 Å². The Morgan fingerprint density at radius 3 is 2.29 bits per heavy atom. The fourth-order valence-corrected chi connectivity index (χ4v) is 4.44. The first-order valence-electron chi connectivity index (χ1n) is 9.83. The smallest absolute Gasteiger partial charge is 0.270 e. The topological polar surface area (TPSA) is 32.8 Å². The van der Waals surface area contributed by atoms with Gasteiger partial charge in [-0.25, -0.2) is 0 Å². The Labute approximate surface area is 192 Å². The zero-order chi connectivity index (χ0) is 21.8. The third-order valence-corrected chi connectivity index (χ3v) is 6.15. The van der Waals surface area contributed by atoms with E-state index in [9.17, 15) is 4.79 Å². The summed E-state index contributed by atoms with van der Waals surface area (Å²) in [7, 11) is 3.96. The highest BCUT2D eigenvalue weighted by atomic mass is 32.2. The summed E-state index contributed by atoms with van der Waals surface area (Å²) in [4.78, 5) is 17.2. The van der Waals surface area contributed by atoms with Gasteiger partial charge in [-0.3, -0.25) is 9.69 Å². The van der Waals surface area contributed by atoms with E-state index in [1.807, 2.05) is 104 Å². The highest BCUT2D eigenvalue weighted by molar-refractivity contribution is 8.27. The Hall–Kier alpha value is -3.09. The second-order valence-electron chi connectivity index (χ2n) is 7.27. The molecule has 0 radical (unpaired) electrons. The SMILES string of the molecule is CN(C)c1ccc(N2C(=O)/C(=C/c3ccc(OCc4ccccc4)cc3)SC2=S)cc1. The standard InChI is InChI=1S/C25H22N2O2S2/c1-26(2)20-10-12-21(13-11-20)27-24(28)23(31-25(27)30)16-18-8-14-22(15-9-18)29-17-19-6-4-3-5-7-19/h3-16H,17H2,1-2H3/b23-16-. The molecule has 1 heterocycles. The van der Waals surface area contributed by atoms with Crippen LogP contribution in [-0.2, 0) is 11.4 Å². The van der Waals surface area contributed by atoms with Crippen LogP contribution in [-0.4, -0.2) is 24.3 Å². The molecule has 3 aromatic carbocycles. The van der Waals surface area contributed by atoms with E-state index in [4.69, 9.17) is 17.0 Å². The number of ether oxygens (including phenoxy) is 1. The van der Waals surface area contributed by atoms with E-state index in [1.165, 1.54) is 11.8 Å². The van der Waals surface area contributed by atoms with E-state index in [0.717, 1.165) is 28.3 Å². The summed E-state index contributed by atoms with van der Waals surface area (Å²) in [6.07, 6.45) is 1.87. The van der Waals surface area contributed by atoms with Crippen molar-refractivity contribution in [1.82, 2.24) is 0 Å². The molecule has 4 rings (SSSR count). The van der Waals surface area contributed by atoms with Crippen molar-refractivity contribution in [2.45, 2.75) is 6.61 Å². The third-order valence-electron chi connectivity index (χ3n) is 4.84. The van der Waals surface area contributed by atoms with E-state index >= 15 is 0 Å². The quantitative estimate of drug-likeness (QED) is 0.356. The van der Waals surface area contributed by atoms with Crippen molar-refractivity contribution >= 4 is 51.7 Å². The summed E-state index contributed by atoms with van der Waals surface area (Å²) >= 11 is 6.80. The molecule has 1 aliphatic rings. The number of rotatable bonds is 6. The Balaban J connectivity index is 1.45. The van der Waals surface area contributed by atoms with Crippen LogP contribution in [0.5, 0.6) is 5.75 Å². The van der Waals surface area contributed by atoms with Gasteiger partial charge in [0.25, 0.3) is 5.91 Å². The van der Waals surface area contributed by atoms with Gasteiger partial charge in [0.1, 0.15) is 12.4 Å². The number of nitrogens with zero attached hydrogens (tertiary/aromatic N) is 2. The summed E-state index contributed by atoms with van der Waals surface area (Å²) < 4.78 is 6.37. The van der Waals surface area contributed by atoms with Gasteiger partial charge in [-0.1, -0.05) is 66.4 Å². The molecule has 0 atom stereocenters. The summed E-state index contributed by atoms with van der Waals surface area (Å²) in [5.74, 6) is 0.687. The van der Waals surface area contributed by atoms with E-state index in [1.54, 1.807) is 4.90 Å². The zero-order valence-corrected chi connectivity index (χ0v) is 19.0. The molecule has 0 aromatic heterocycles. The van der Waals surface area contributed by atoms with E-state index in [-0.39, 0.29) is 5.91 Å². The highest BCUT2D eigenvalue weighted by Crippen LogP contribution is 2.36. The average Bonchev–Trinajstić information content (AvgIpc) is 3.06. The van der Waals surface area contributed by atoms with Crippen LogP contribution < -0.4 is 14.5 Å². The van der Waals surface area contributed by atoms with Crippen molar-refractivity contribution < 1.29 is 9.53 Å². The third kappa shape index (κ3) is 4.98. The Morgan fingerprint density at radius 2 is 1.65 bits per heavy atom. The van der Waals surface area contributed by atoms with Crippen LogP contribution in [0, 0.1) is 0 Å². The van der Waals surface area contributed by atoms with Crippen LogP contribution in [0.1, 0.15) is 11.1 Å². The molecule has 4 nitrogen and oxygen atoms in total. The largest absolute Gasteiger partial charge is 0.489 e. The van der Waals surface area contributed by atoms with Crippen molar-refractivity contribution in [1.29, 1.82) is 0 Å². The van der Waals surface area contributed by atoms with Gasteiger partial charge in [-0.05, 0) is 53.6 Å². The molecule has 0 saturated carbocycles. The molecule has 0 aliphatic carbocycles. The molecular weight excluding hydrogens is 424 g/mol. The van der Waals surface area contributed by atoms with Gasteiger partial charge < -0.3 is 9.64 Å². The molecule has 1 amide bonds. The maximum absolute atomic E-state index is 13.0. The molecule has 0 unspecified atom stereocenters. The Kier molecular flexibility index (Phi) is 6.39. The number of anilines is 2. The van der Waals surface area contributed by atoms with Crippen LogP contribution in [0.2, 0.25) is 0 Å². The molecule has 3 aromatic rings. The van der Waals surface area contributed by atoms with Gasteiger partial charge in [-0.2, -0.15) is 0 Å². The maximum atomic E-state index is 13.0. The number of thioether (sulfide) groups is 1. The fraction of sp³-hybridized carbons (Fsp3) is 0.120. The summed E-state index contributed by atoms with van der Waals surface area (Å²) in [5, 5.41) is 0. The molecule has 0 N–H and O–H groups in total. The number of thiocarbonyl (C=S) groups is 1. The molecule has 1 fully saturated rings. The van der Waals surface area contributed by atoms with Crippen molar-refractivity contribution in [2.24, 2.45) is 0 Å². The number of carbonyl (C=O) groups excluding carboxylic acids is 1. The fourth-order valence-electron chi connectivity index (χ4n) is 3.14. The number of benzene rings is 3. The predicted octanol–water partition coefficient (Wildman–Crippen LogP) is 5.74. The lowest BCUT2D eigenvalue weighted by atomic mass is 10.2. The monoisotopic (exact) mass is 446 g/mol. The summed E-state index contributed by atoms with van der Waals surface area (Å²) in [6.45, 7) is 0.519. The van der Waals surface area contributed by atoms with Crippen LogP contribution >= 0.6 is 24.0 Å². The Morgan fingerprint density at radius 1 is 0.968 bits per heavy atom. The minimum absolute atomic E-state index is 0.1000. The van der Waals surface area contributed by atoms with Crippen molar-refractivity contribution in [3.05, 3.63) is 94.9 Å². The van der Waals surface area contributed by atoms with Crippen LogP contribution in [0.25, 0.3) is 6.08 Å². The lowest BCUT2D eigenvalue weighted by Gasteiger charge is -2.17. The summed E-state index contributed by atoms with van der Waals surface area (Å²) in [5.41, 5.74) is 3.89. The predicted molar refractivity (Wildman–Crippen MR) is 134 cm³/mol. The van der Waals surface area contributed by atoms with Crippen molar-refractivity contribution in [3.63, 3.8) is 0 Å². The molecule has 1 aliphatic heterocycles. The van der Waals surface area contributed by atoms with Gasteiger partial charge in [0.15, 0.2) is 4.32 Å². The van der Waals surface area contributed by atoms with Crippen molar-refractivity contribution in [3.8, 4) is 5.75 Å². The first-order chi connectivity index (χ1) is 15.0. The average molecular weight is 447 g/mol. The minimum Gasteiger partial charge on any atom is -0.489 e. The molecule has 6 heteroatoms. The highest BCUT2D eigenvalue weighted by Gasteiger charge is 2.33. The molecule has 31 heavy (non-hydrogen) atoms. The van der Waals surface area contributed by atoms with E-state index in [2.05, 4.69) is 0 Å². The van der Waals surface area contributed by atoms with Crippen molar-refractivity contribution in [2.75, 3.05) is 23.9 Å². The first-order valence-corrected chi connectivity index (χ1v) is 11.1. The lowest BCUT2D eigenvalue weighted by molar-refractivity contribution is -0.113. The maximum Gasteiger partial charge on any atom is 0.270 e. The molecule has 0 spiro atoms. The van der Waals surface area contributed by atoms with Gasteiger partial charge in [0, 0.05) is 19.8 Å². The zero-order valence-electron chi connectivity index (χ0n) is 17.3. The number of hydrogen-bond donors (Lipinski definition) is 0. The molecule has 1 saturated heterocycles. The van der Waals surface area contributed by atoms with Crippen LogP contribution in [0.15, 0.2) is 83.8 Å². The normalized spacial score (nSPS) is 14.9. The van der Waals surface area contributed by atoms with Gasteiger partial charge >= 0.3 is 0 Å². The number of amides is 1. The molecular formula is C25H22N2O2S2. The Bertz CT molecular complexity index is 1110. The second-order valence-corrected chi connectivity index (χ2v) is 8.95. The number of hydrogen-bond acceptors (Lipinski definition) is 5. The van der Waals surface area contributed by atoms with Gasteiger partial charge in [-0.15, -0.1) is 0 Å². The first kappa shape index (κ1) is 21.2. The van der Waals surface area contributed by atoms with E-state index in [0.29, 0.717) is 15.8 Å². The van der Waals surface area contributed by atoms with Gasteiger partial charge in [0.2, 0.25) is 0 Å². The lowest BCUT2D eigenvalue weighted by Crippen LogP contribution is -2.27. The molecule has 156 valence electrons. The van der Waals surface area contributed by atoms with Gasteiger partial charge in [0.05, 0.1) is 10.6 Å². The van der Waals surface area contributed by atoms with Crippen LogP contribution in [0.4, 0.5) is 11.4 Å². The minimum atomic E-state index is -0.1000. The molecule has 0 bridgehead atoms. The second kappa shape index (κ2) is 9.37. The number of carbonyl (C=O) groups is 1. The summed E-state index contributed by atoms with van der Waals surface area (Å²) in [6, 6.07) is 25.5.